The van der Waals surface area contributed by atoms with Crippen LogP contribution in [0.25, 0.3) is 0 Å². The second-order valence-corrected chi connectivity index (χ2v) is 4.68. The number of rotatable bonds is 4. The SMILES string of the molecule is CC#CCCNS(=O)(=O)c1cncc(F)c1. The topological polar surface area (TPSA) is 59.1 Å². The predicted molar refractivity (Wildman–Crippen MR) is 57.5 cm³/mol. The Morgan fingerprint density at radius 1 is 1.50 bits per heavy atom. The monoisotopic (exact) mass is 242 g/mol. The number of nitrogens with zero attached hydrogens (tertiary/aromatic N) is 1. The molecule has 16 heavy (non-hydrogen) atoms. The smallest absolute Gasteiger partial charge is 0.242 e. The molecule has 0 aromatic carbocycles. The van der Waals surface area contributed by atoms with Crippen molar-refractivity contribution < 1.29 is 12.8 Å². The molecule has 0 amide bonds. The molecule has 86 valence electrons. The standard InChI is InChI=1S/C10H11FN2O2S/c1-2-3-4-5-13-16(14,15)10-6-9(11)7-12-8-10/h6-8,13H,4-5H2,1H3. The molecule has 0 bridgehead atoms. The zero-order chi connectivity index (χ0) is 12.0. The summed E-state index contributed by atoms with van der Waals surface area (Å²) in [6, 6.07) is 0.917. The van der Waals surface area contributed by atoms with Gasteiger partial charge in [-0.25, -0.2) is 17.5 Å². The maximum absolute atomic E-state index is 12.8. The summed E-state index contributed by atoms with van der Waals surface area (Å²) in [5.74, 6) is 4.68. The molecule has 0 fully saturated rings. The first kappa shape index (κ1) is 12.6. The second-order valence-electron chi connectivity index (χ2n) is 2.91. The van der Waals surface area contributed by atoms with Crippen LogP contribution in [-0.2, 0) is 10.0 Å². The van der Waals surface area contributed by atoms with Crippen LogP contribution in [-0.4, -0.2) is 19.9 Å². The van der Waals surface area contributed by atoms with Crippen LogP contribution in [0.3, 0.4) is 0 Å². The van der Waals surface area contributed by atoms with E-state index in [0.717, 1.165) is 18.5 Å². The molecular formula is C10H11FN2O2S. The Bertz CT molecular complexity index is 517. The lowest BCUT2D eigenvalue weighted by atomic mass is 10.4. The minimum Gasteiger partial charge on any atom is -0.260 e. The van der Waals surface area contributed by atoms with Gasteiger partial charge in [-0.05, 0) is 13.0 Å². The maximum Gasteiger partial charge on any atom is 0.242 e. The van der Waals surface area contributed by atoms with Gasteiger partial charge >= 0.3 is 0 Å². The van der Waals surface area contributed by atoms with Gasteiger partial charge in [0.25, 0.3) is 0 Å². The molecular weight excluding hydrogens is 231 g/mol. The summed E-state index contributed by atoms with van der Waals surface area (Å²) >= 11 is 0. The Balaban J connectivity index is 2.73. The molecule has 1 N–H and O–H groups in total. The molecule has 1 rings (SSSR count). The Labute approximate surface area is 94.0 Å². The molecule has 0 aliphatic heterocycles. The van der Waals surface area contributed by atoms with Gasteiger partial charge in [-0.3, -0.25) is 4.98 Å². The average Bonchev–Trinajstić information content (AvgIpc) is 2.24. The molecule has 1 aromatic heterocycles. The molecule has 0 saturated carbocycles. The van der Waals surface area contributed by atoms with Crippen molar-refractivity contribution in [2.45, 2.75) is 18.2 Å². The lowest BCUT2D eigenvalue weighted by Crippen LogP contribution is -2.24. The number of sulfonamides is 1. The molecule has 0 aliphatic carbocycles. The minimum atomic E-state index is -3.68. The summed E-state index contributed by atoms with van der Waals surface area (Å²) in [4.78, 5) is 3.29. The predicted octanol–water partition coefficient (Wildman–Crippen LogP) is 0.912. The maximum atomic E-state index is 12.8. The summed E-state index contributed by atoms with van der Waals surface area (Å²) in [6.45, 7) is 1.87. The Morgan fingerprint density at radius 2 is 2.25 bits per heavy atom. The van der Waals surface area contributed by atoms with Gasteiger partial charge in [0.1, 0.15) is 10.7 Å². The van der Waals surface area contributed by atoms with Crippen LogP contribution < -0.4 is 4.72 Å². The lowest BCUT2D eigenvalue weighted by Gasteiger charge is -2.04. The first-order chi connectivity index (χ1) is 7.56. The van der Waals surface area contributed by atoms with Gasteiger partial charge in [-0.2, -0.15) is 0 Å². The lowest BCUT2D eigenvalue weighted by molar-refractivity contribution is 0.576. The van der Waals surface area contributed by atoms with Gasteiger partial charge in [-0.15, -0.1) is 11.8 Å². The number of pyridine rings is 1. The van der Waals surface area contributed by atoms with Crippen molar-refractivity contribution in [1.29, 1.82) is 0 Å². The fourth-order valence-electron chi connectivity index (χ4n) is 0.996. The molecule has 1 aromatic rings. The van der Waals surface area contributed by atoms with Crippen molar-refractivity contribution >= 4 is 10.0 Å². The van der Waals surface area contributed by atoms with Crippen molar-refractivity contribution in [1.82, 2.24) is 9.71 Å². The number of hydrogen-bond donors (Lipinski definition) is 1. The van der Waals surface area contributed by atoms with Crippen LogP contribution in [0.2, 0.25) is 0 Å². The van der Waals surface area contributed by atoms with E-state index in [2.05, 4.69) is 21.5 Å². The summed E-state index contributed by atoms with van der Waals surface area (Å²) in [7, 11) is -3.68. The van der Waals surface area contributed by atoms with E-state index in [4.69, 9.17) is 0 Å². The van der Waals surface area contributed by atoms with E-state index in [1.165, 1.54) is 0 Å². The van der Waals surface area contributed by atoms with Crippen LogP contribution in [0.15, 0.2) is 23.4 Å². The van der Waals surface area contributed by atoms with E-state index < -0.39 is 15.8 Å². The van der Waals surface area contributed by atoms with Gasteiger partial charge in [0.05, 0.1) is 6.20 Å². The van der Waals surface area contributed by atoms with E-state index in [-0.39, 0.29) is 11.4 Å². The van der Waals surface area contributed by atoms with Gasteiger partial charge in [0, 0.05) is 19.2 Å². The van der Waals surface area contributed by atoms with E-state index in [1.807, 2.05) is 0 Å². The molecule has 6 heteroatoms. The van der Waals surface area contributed by atoms with Gasteiger partial charge in [0.2, 0.25) is 10.0 Å². The van der Waals surface area contributed by atoms with Crippen molar-refractivity contribution in [3.8, 4) is 11.8 Å². The van der Waals surface area contributed by atoms with Gasteiger partial charge in [-0.1, -0.05) is 0 Å². The van der Waals surface area contributed by atoms with Crippen LogP contribution in [0.4, 0.5) is 4.39 Å². The second kappa shape index (κ2) is 5.58. The number of aromatic nitrogens is 1. The molecule has 0 atom stereocenters. The summed E-state index contributed by atoms with van der Waals surface area (Å²) in [5, 5.41) is 0. The first-order valence-corrected chi connectivity index (χ1v) is 6.04. The van der Waals surface area contributed by atoms with Crippen LogP contribution >= 0.6 is 0 Å². The third kappa shape index (κ3) is 3.61. The molecule has 4 nitrogen and oxygen atoms in total. The van der Waals surface area contributed by atoms with Crippen LogP contribution in [0, 0.1) is 17.7 Å². The van der Waals surface area contributed by atoms with Crippen LogP contribution in [0.1, 0.15) is 13.3 Å². The average molecular weight is 242 g/mol. The summed E-state index contributed by atoms with van der Waals surface area (Å²) in [5.41, 5.74) is 0. The zero-order valence-corrected chi connectivity index (χ0v) is 9.51. The number of nitrogens with one attached hydrogen (secondary N) is 1. The molecule has 0 unspecified atom stereocenters. The summed E-state index contributed by atoms with van der Waals surface area (Å²) in [6.07, 6.45) is 2.46. The van der Waals surface area contributed by atoms with Crippen molar-refractivity contribution in [2.75, 3.05) is 6.54 Å². The summed E-state index contributed by atoms with van der Waals surface area (Å²) < 4.78 is 38.2. The van der Waals surface area contributed by atoms with E-state index >= 15 is 0 Å². The molecule has 0 spiro atoms. The Morgan fingerprint density at radius 3 is 2.88 bits per heavy atom. The quantitative estimate of drug-likeness (QED) is 0.630. The van der Waals surface area contributed by atoms with Crippen LogP contribution in [0.5, 0.6) is 0 Å². The normalized spacial score (nSPS) is 10.6. The Hall–Kier alpha value is -1.45. The van der Waals surface area contributed by atoms with Crippen molar-refractivity contribution in [2.24, 2.45) is 0 Å². The fraction of sp³-hybridized carbons (Fsp3) is 0.300. The number of halogens is 1. The molecule has 1 heterocycles. The highest BCUT2D eigenvalue weighted by Crippen LogP contribution is 2.07. The van der Waals surface area contributed by atoms with Gasteiger partial charge < -0.3 is 0 Å². The van der Waals surface area contributed by atoms with Crippen molar-refractivity contribution in [3.05, 3.63) is 24.3 Å². The van der Waals surface area contributed by atoms with Crippen molar-refractivity contribution in [3.63, 3.8) is 0 Å². The highest BCUT2D eigenvalue weighted by molar-refractivity contribution is 7.89. The highest BCUT2D eigenvalue weighted by atomic mass is 32.2. The highest BCUT2D eigenvalue weighted by Gasteiger charge is 2.13. The zero-order valence-electron chi connectivity index (χ0n) is 8.70. The largest absolute Gasteiger partial charge is 0.260 e. The van der Waals surface area contributed by atoms with E-state index in [1.54, 1.807) is 6.92 Å². The minimum absolute atomic E-state index is 0.183. The Kier molecular flexibility index (Phi) is 4.40. The molecule has 0 saturated heterocycles. The molecule has 0 aliphatic rings. The third-order valence-electron chi connectivity index (χ3n) is 1.71. The van der Waals surface area contributed by atoms with Gasteiger partial charge in [0.15, 0.2) is 0 Å². The third-order valence-corrected chi connectivity index (χ3v) is 3.14. The van der Waals surface area contributed by atoms with E-state index in [9.17, 15) is 12.8 Å². The van der Waals surface area contributed by atoms with E-state index in [0.29, 0.717) is 6.42 Å². The molecule has 0 radical (unpaired) electrons. The first-order valence-electron chi connectivity index (χ1n) is 4.56. The number of hydrogen-bond acceptors (Lipinski definition) is 3. The fourth-order valence-corrected chi connectivity index (χ4v) is 2.00.